The number of amides is 2. The molecule has 0 spiro atoms. The van der Waals surface area contributed by atoms with Crippen LogP contribution in [0.3, 0.4) is 0 Å². The van der Waals surface area contributed by atoms with Crippen LogP contribution in [-0.4, -0.2) is 20.4 Å². The fraction of sp³-hybridized carbons (Fsp3) is 0.0588. The Morgan fingerprint density at radius 3 is 2.31 bits per heavy atom. The summed E-state index contributed by atoms with van der Waals surface area (Å²) in [5.41, 5.74) is 19.5. The lowest BCUT2D eigenvalue weighted by Crippen LogP contribution is -2.30. The zero-order chi connectivity index (χ0) is 18.7. The molecular formula is C17H15N7OS. The fourth-order valence-corrected chi connectivity index (χ4v) is 2.98. The third-order valence-electron chi connectivity index (χ3n) is 3.42. The van der Waals surface area contributed by atoms with Crippen LogP contribution in [0, 0.1) is 18.8 Å². The first kappa shape index (κ1) is 17.2. The van der Waals surface area contributed by atoms with Crippen molar-refractivity contribution in [3.8, 4) is 11.8 Å². The average molecular weight is 365 g/mol. The van der Waals surface area contributed by atoms with Gasteiger partial charge in [-0.1, -0.05) is 11.8 Å². The van der Waals surface area contributed by atoms with Crippen molar-refractivity contribution in [3.05, 3.63) is 53.5 Å². The van der Waals surface area contributed by atoms with Crippen molar-refractivity contribution in [1.82, 2.24) is 14.3 Å². The molecule has 26 heavy (non-hydrogen) atoms. The summed E-state index contributed by atoms with van der Waals surface area (Å²) in [4.78, 5) is 21.0. The minimum Gasteiger partial charge on any atom is -0.382 e. The van der Waals surface area contributed by atoms with E-state index >= 15 is 0 Å². The summed E-state index contributed by atoms with van der Waals surface area (Å²) < 4.78 is 4.18. The fourth-order valence-electron chi connectivity index (χ4n) is 2.19. The minimum atomic E-state index is -0.588. The molecule has 0 aliphatic heterocycles. The van der Waals surface area contributed by atoms with E-state index in [0.29, 0.717) is 21.8 Å². The summed E-state index contributed by atoms with van der Waals surface area (Å²) in [5, 5.41) is 0.649. The maximum atomic E-state index is 11.8. The van der Waals surface area contributed by atoms with E-state index in [9.17, 15) is 4.79 Å². The Balaban J connectivity index is 1.89. The second-order valence-corrected chi connectivity index (χ2v) is 6.08. The molecule has 0 atom stereocenters. The maximum absolute atomic E-state index is 11.8. The van der Waals surface area contributed by atoms with Crippen LogP contribution in [0.5, 0.6) is 0 Å². The predicted octanol–water partition coefficient (Wildman–Crippen LogP) is 2.02. The molecule has 0 aliphatic rings. The maximum Gasteiger partial charge on any atom is 0.324 e. The largest absolute Gasteiger partial charge is 0.382 e. The number of primary amides is 1. The van der Waals surface area contributed by atoms with Gasteiger partial charge in [0.25, 0.3) is 0 Å². The molecule has 2 amide bonds. The first-order valence-corrected chi connectivity index (χ1v) is 8.24. The van der Waals surface area contributed by atoms with Crippen molar-refractivity contribution in [3.63, 3.8) is 0 Å². The van der Waals surface area contributed by atoms with Gasteiger partial charge in [-0.2, -0.15) is 4.37 Å². The lowest BCUT2D eigenvalue weighted by molar-refractivity contribution is 0.256. The number of anilines is 4. The second-order valence-electron chi connectivity index (χ2n) is 5.30. The van der Waals surface area contributed by atoms with Gasteiger partial charge in [0.2, 0.25) is 0 Å². The number of rotatable bonds is 2. The molecule has 0 saturated heterocycles. The summed E-state index contributed by atoms with van der Waals surface area (Å²) in [6.45, 7) is 1.85. The van der Waals surface area contributed by atoms with Gasteiger partial charge in [-0.25, -0.2) is 14.8 Å². The third kappa shape index (κ3) is 3.55. The van der Waals surface area contributed by atoms with E-state index in [1.54, 1.807) is 30.3 Å². The van der Waals surface area contributed by atoms with Gasteiger partial charge in [0.05, 0.1) is 11.4 Å². The van der Waals surface area contributed by atoms with E-state index in [4.69, 9.17) is 17.2 Å². The smallest absolute Gasteiger partial charge is 0.324 e. The van der Waals surface area contributed by atoms with Crippen molar-refractivity contribution < 1.29 is 4.79 Å². The standard InChI is InChI=1S/C17H15N7OS/c1-10-8-14(26-23-10)24(17(20)25)12-5-2-11(3-6-12)4-7-13-15(18)21-9-22-16(13)19/h2-3,5-6,8-9H,1H3,(H2,20,25)(H4,18,19,21,22). The SMILES string of the molecule is Cc1cc(N(C(N)=O)c2ccc(C#Cc3c(N)ncnc3N)cc2)sn1. The first-order valence-electron chi connectivity index (χ1n) is 7.46. The molecule has 3 aromatic rings. The lowest BCUT2D eigenvalue weighted by Gasteiger charge is -2.17. The monoisotopic (exact) mass is 365 g/mol. The summed E-state index contributed by atoms with van der Waals surface area (Å²) in [6.07, 6.45) is 1.28. The van der Waals surface area contributed by atoms with E-state index in [1.165, 1.54) is 22.8 Å². The summed E-state index contributed by atoms with van der Waals surface area (Å²) in [5.74, 6) is 6.26. The highest BCUT2D eigenvalue weighted by atomic mass is 32.1. The van der Waals surface area contributed by atoms with Crippen molar-refractivity contribution in [2.75, 3.05) is 16.4 Å². The van der Waals surface area contributed by atoms with Crippen LogP contribution < -0.4 is 22.1 Å². The highest BCUT2D eigenvalue weighted by Gasteiger charge is 2.17. The lowest BCUT2D eigenvalue weighted by atomic mass is 10.2. The van der Waals surface area contributed by atoms with Crippen molar-refractivity contribution in [2.24, 2.45) is 5.73 Å². The number of carbonyl (C=O) groups excluding carboxylic acids is 1. The third-order valence-corrected chi connectivity index (χ3v) is 4.29. The average Bonchev–Trinajstić information content (AvgIpc) is 3.01. The summed E-state index contributed by atoms with van der Waals surface area (Å²) >= 11 is 1.20. The molecule has 2 aromatic heterocycles. The number of nitrogen functional groups attached to an aromatic ring is 2. The molecule has 130 valence electrons. The molecule has 0 saturated carbocycles. The van der Waals surface area contributed by atoms with E-state index in [2.05, 4.69) is 26.2 Å². The summed E-state index contributed by atoms with van der Waals surface area (Å²) in [6, 6.07) is 8.24. The molecule has 0 unspecified atom stereocenters. The second kappa shape index (κ2) is 7.08. The van der Waals surface area contributed by atoms with Gasteiger partial charge in [-0.15, -0.1) is 0 Å². The highest BCUT2D eigenvalue weighted by molar-refractivity contribution is 7.10. The summed E-state index contributed by atoms with van der Waals surface area (Å²) in [7, 11) is 0. The van der Waals surface area contributed by atoms with Crippen molar-refractivity contribution >= 4 is 39.9 Å². The van der Waals surface area contributed by atoms with Gasteiger partial charge in [-0.05, 0) is 48.8 Å². The zero-order valence-electron chi connectivity index (χ0n) is 13.8. The Kier molecular flexibility index (Phi) is 4.68. The van der Waals surface area contributed by atoms with Crippen LogP contribution in [-0.2, 0) is 0 Å². The molecule has 0 fully saturated rings. The zero-order valence-corrected chi connectivity index (χ0v) is 14.6. The van der Waals surface area contributed by atoms with Gasteiger partial charge in [0.15, 0.2) is 0 Å². The van der Waals surface area contributed by atoms with Gasteiger partial charge >= 0.3 is 6.03 Å². The number of carbonyl (C=O) groups is 1. The molecule has 8 nitrogen and oxygen atoms in total. The van der Waals surface area contributed by atoms with Gasteiger partial charge in [0.1, 0.15) is 28.5 Å². The van der Waals surface area contributed by atoms with Crippen molar-refractivity contribution in [1.29, 1.82) is 0 Å². The number of urea groups is 1. The number of benzene rings is 1. The Morgan fingerprint density at radius 1 is 1.12 bits per heavy atom. The molecule has 0 bridgehead atoms. The van der Waals surface area contributed by atoms with Crippen LogP contribution in [0.4, 0.5) is 27.1 Å². The number of hydrogen-bond donors (Lipinski definition) is 3. The van der Waals surface area contributed by atoms with Crippen LogP contribution in [0.2, 0.25) is 0 Å². The Labute approximate surface area is 153 Å². The van der Waals surface area contributed by atoms with Gasteiger partial charge in [0, 0.05) is 5.56 Å². The van der Waals surface area contributed by atoms with Gasteiger partial charge < -0.3 is 17.2 Å². The van der Waals surface area contributed by atoms with Crippen LogP contribution in [0.25, 0.3) is 0 Å². The van der Waals surface area contributed by atoms with E-state index in [1.807, 2.05) is 6.92 Å². The Hall–Kier alpha value is -3.64. The number of nitrogens with two attached hydrogens (primary N) is 3. The molecule has 0 radical (unpaired) electrons. The molecule has 2 heterocycles. The highest BCUT2D eigenvalue weighted by Crippen LogP contribution is 2.29. The molecule has 1 aromatic carbocycles. The predicted molar refractivity (Wildman–Crippen MR) is 102 cm³/mol. The Morgan fingerprint density at radius 2 is 1.77 bits per heavy atom. The van der Waals surface area contributed by atoms with E-state index in [-0.39, 0.29) is 11.6 Å². The number of aryl methyl sites for hydroxylation is 1. The minimum absolute atomic E-state index is 0.224. The quantitative estimate of drug-likeness (QED) is 0.594. The first-order chi connectivity index (χ1) is 12.5. The topological polar surface area (TPSA) is 137 Å². The van der Waals surface area contributed by atoms with E-state index in [0.717, 1.165) is 5.69 Å². The number of aromatic nitrogens is 3. The molecule has 0 aliphatic carbocycles. The molecule has 6 N–H and O–H groups in total. The number of hydrogen-bond acceptors (Lipinski definition) is 7. The Bertz CT molecular complexity index is 997. The number of nitrogens with zero attached hydrogens (tertiary/aromatic N) is 4. The van der Waals surface area contributed by atoms with Crippen molar-refractivity contribution in [2.45, 2.75) is 6.92 Å². The van der Waals surface area contributed by atoms with E-state index < -0.39 is 6.03 Å². The molecule has 9 heteroatoms. The normalized spacial score (nSPS) is 10.0. The molecular weight excluding hydrogens is 350 g/mol. The van der Waals surface area contributed by atoms with Crippen LogP contribution in [0.1, 0.15) is 16.8 Å². The van der Waals surface area contributed by atoms with Crippen LogP contribution in [0.15, 0.2) is 36.7 Å². The molecule has 3 rings (SSSR count). The van der Waals surface area contributed by atoms with Crippen LogP contribution >= 0.6 is 11.5 Å². The van der Waals surface area contributed by atoms with Gasteiger partial charge in [-0.3, -0.25) is 4.90 Å².